The standard InChI is InChI=1S/C16H11Cl2N3O3S/c1-8-13(14(22)10-4-3-9(17)7-11(10)18)19-20-21(8)12-5-6-25-15(12)16(23)24-2/h3-7H,1-2H3. The van der Waals surface area contributed by atoms with Crippen LogP contribution in [0.25, 0.3) is 5.69 Å². The highest BCUT2D eigenvalue weighted by Crippen LogP contribution is 2.26. The Kier molecular flexibility index (Phi) is 4.89. The second-order valence-corrected chi connectivity index (χ2v) is 6.77. The van der Waals surface area contributed by atoms with Crippen LogP contribution in [-0.4, -0.2) is 33.9 Å². The number of aromatic nitrogens is 3. The zero-order valence-corrected chi connectivity index (χ0v) is 15.4. The van der Waals surface area contributed by atoms with E-state index in [1.807, 2.05) is 0 Å². The van der Waals surface area contributed by atoms with Crippen LogP contribution in [0.1, 0.15) is 31.4 Å². The van der Waals surface area contributed by atoms with Gasteiger partial charge in [0.05, 0.1) is 23.5 Å². The highest BCUT2D eigenvalue weighted by atomic mass is 35.5. The molecular weight excluding hydrogens is 385 g/mol. The third kappa shape index (κ3) is 3.18. The van der Waals surface area contributed by atoms with Gasteiger partial charge in [0.2, 0.25) is 5.78 Å². The molecule has 0 aliphatic heterocycles. The summed E-state index contributed by atoms with van der Waals surface area (Å²) in [4.78, 5) is 24.9. The molecule has 0 radical (unpaired) electrons. The van der Waals surface area contributed by atoms with Gasteiger partial charge in [-0.2, -0.15) is 0 Å². The van der Waals surface area contributed by atoms with E-state index in [9.17, 15) is 9.59 Å². The Morgan fingerprint density at radius 1 is 1.24 bits per heavy atom. The number of thiophene rings is 1. The first-order valence-corrected chi connectivity index (χ1v) is 8.65. The maximum atomic E-state index is 12.7. The molecule has 1 aromatic carbocycles. The van der Waals surface area contributed by atoms with Crippen LogP contribution in [0.4, 0.5) is 0 Å². The van der Waals surface area contributed by atoms with Gasteiger partial charge < -0.3 is 4.74 Å². The molecule has 128 valence electrons. The number of methoxy groups -OCH3 is 1. The number of esters is 1. The number of hydrogen-bond acceptors (Lipinski definition) is 6. The number of ether oxygens (including phenoxy) is 1. The lowest BCUT2D eigenvalue weighted by atomic mass is 10.1. The highest BCUT2D eigenvalue weighted by Gasteiger charge is 2.24. The van der Waals surface area contributed by atoms with Gasteiger partial charge >= 0.3 is 5.97 Å². The number of nitrogens with zero attached hydrogens (tertiary/aromatic N) is 3. The first-order chi connectivity index (χ1) is 11.9. The fraction of sp³-hybridized carbons (Fsp3) is 0.125. The molecule has 0 saturated heterocycles. The topological polar surface area (TPSA) is 74.1 Å². The van der Waals surface area contributed by atoms with Crippen molar-refractivity contribution in [1.29, 1.82) is 0 Å². The smallest absolute Gasteiger partial charge is 0.350 e. The molecular formula is C16H11Cl2N3O3S. The van der Waals surface area contributed by atoms with Gasteiger partial charge in [-0.3, -0.25) is 4.79 Å². The molecule has 6 nitrogen and oxygen atoms in total. The number of rotatable bonds is 4. The fourth-order valence-electron chi connectivity index (χ4n) is 2.28. The van der Waals surface area contributed by atoms with Crippen LogP contribution in [0, 0.1) is 6.92 Å². The molecule has 0 aliphatic carbocycles. The number of hydrogen-bond donors (Lipinski definition) is 0. The van der Waals surface area contributed by atoms with Crippen LogP contribution in [0.3, 0.4) is 0 Å². The van der Waals surface area contributed by atoms with Crippen LogP contribution >= 0.6 is 34.5 Å². The molecule has 0 amide bonds. The van der Waals surface area contributed by atoms with Crippen molar-refractivity contribution in [3.63, 3.8) is 0 Å². The predicted octanol–water partition coefficient (Wildman–Crippen LogP) is 3.96. The number of carbonyl (C=O) groups excluding carboxylic acids is 2. The average Bonchev–Trinajstić information content (AvgIpc) is 3.20. The third-order valence-corrected chi connectivity index (χ3v) is 4.96. The molecule has 0 unspecified atom stereocenters. The Balaban J connectivity index is 2.04. The first-order valence-electron chi connectivity index (χ1n) is 7.02. The molecule has 0 aliphatic rings. The molecule has 0 bridgehead atoms. The summed E-state index contributed by atoms with van der Waals surface area (Å²) in [6.45, 7) is 1.69. The number of carbonyl (C=O) groups is 2. The van der Waals surface area contributed by atoms with E-state index >= 15 is 0 Å². The molecule has 0 saturated carbocycles. The summed E-state index contributed by atoms with van der Waals surface area (Å²) in [6, 6.07) is 6.32. The number of halogens is 2. The molecule has 0 atom stereocenters. The number of ketones is 1. The summed E-state index contributed by atoms with van der Waals surface area (Å²) in [7, 11) is 1.30. The van der Waals surface area contributed by atoms with E-state index in [1.54, 1.807) is 24.4 Å². The van der Waals surface area contributed by atoms with Gasteiger partial charge in [-0.15, -0.1) is 16.4 Å². The van der Waals surface area contributed by atoms with Crippen LogP contribution in [0.2, 0.25) is 10.0 Å². The van der Waals surface area contributed by atoms with E-state index in [-0.39, 0.29) is 22.1 Å². The van der Waals surface area contributed by atoms with Gasteiger partial charge in [-0.25, -0.2) is 9.48 Å². The van der Waals surface area contributed by atoms with Gasteiger partial charge in [-0.1, -0.05) is 28.4 Å². The summed E-state index contributed by atoms with van der Waals surface area (Å²) >= 11 is 13.2. The Labute approximate surface area is 156 Å². The molecule has 3 aromatic rings. The Morgan fingerprint density at radius 2 is 2.00 bits per heavy atom. The van der Waals surface area contributed by atoms with Crippen molar-refractivity contribution in [2.24, 2.45) is 0 Å². The van der Waals surface area contributed by atoms with E-state index in [0.717, 1.165) is 0 Å². The third-order valence-electron chi connectivity index (χ3n) is 3.53. The SMILES string of the molecule is COC(=O)c1sccc1-n1nnc(C(=O)c2ccc(Cl)cc2Cl)c1C. The lowest BCUT2D eigenvalue weighted by molar-refractivity contribution is 0.0606. The Hall–Kier alpha value is -2.22. The van der Waals surface area contributed by atoms with E-state index in [2.05, 4.69) is 10.3 Å². The van der Waals surface area contributed by atoms with Gasteiger partial charge in [0.25, 0.3) is 0 Å². The average molecular weight is 396 g/mol. The maximum Gasteiger partial charge on any atom is 0.350 e. The van der Waals surface area contributed by atoms with E-state index < -0.39 is 5.97 Å². The van der Waals surface area contributed by atoms with Crippen molar-refractivity contribution in [3.8, 4) is 5.69 Å². The maximum absolute atomic E-state index is 12.7. The Bertz CT molecular complexity index is 981. The van der Waals surface area contributed by atoms with Crippen molar-refractivity contribution in [3.05, 3.63) is 61.5 Å². The summed E-state index contributed by atoms with van der Waals surface area (Å²) in [6.07, 6.45) is 0. The van der Waals surface area contributed by atoms with Crippen LogP contribution in [0.15, 0.2) is 29.6 Å². The molecule has 0 fully saturated rings. The van der Waals surface area contributed by atoms with Crippen LogP contribution < -0.4 is 0 Å². The van der Waals surface area contributed by atoms with Gasteiger partial charge in [0, 0.05) is 10.6 Å². The second kappa shape index (κ2) is 6.95. The summed E-state index contributed by atoms with van der Waals surface area (Å²) in [5.41, 5.74) is 1.41. The monoisotopic (exact) mass is 395 g/mol. The van der Waals surface area contributed by atoms with E-state index in [0.29, 0.717) is 21.3 Å². The normalized spacial score (nSPS) is 10.7. The molecule has 2 heterocycles. The Morgan fingerprint density at radius 3 is 2.68 bits per heavy atom. The summed E-state index contributed by atoms with van der Waals surface area (Å²) in [5.74, 6) is -0.853. The van der Waals surface area contributed by atoms with Gasteiger partial charge in [0.1, 0.15) is 4.88 Å². The lowest BCUT2D eigenvalue weighted by Crippen LogP contribution is -2.08. The van der Waals surface area contributed by atoms with E-state index in [4.69, 9.17) is 27.9 Å². The summed E-state index contributed by atoms with van der Waals surface area (Å²) in [5, 5.41) is 10.4. The molecule has 0 N–H and O–H groups in total. The zero-order valence-electron chi connectivity index (χ0n) is 13.1. The molecule has 3 rings (SSSR count). The van der Waals surface area contributed by atoms with Crippen molar-refractivity contribution in [1.82, 2.24) is 15.0 Å². The van der Waals surface area contributed by atoms with Gasteiger partial charge in [-0.05, 0) is 36.6 Å². The lowest BCUT2D eigenvalue weighted by Gasteiger charge is -2.05. The predicted molar refractivity (Wildman–Crippen MR) is 95.2 cm³/mol. The minimum Gasteiger partial charge on any atom is -0.465 e. The van der Waals surface area contributed by atoms with E-state index in [1.165, 1.54) is 35.3 Å². The van der Waals surface area contributed by atoms with Crippen molar-refractivity contribution in [2.75, 3.05) is 7.11 Å². The van der Waals surface area contributed by atoms with Crippen molar-refractivity contribution >= 4 is 46.3 Å². The molecule has 25 heavy (non-hydrogen) atoms. The van der Waals surface area contributed by atoms with Crippen molar-refractivity contribution in [2.45, 2.75) is 6.92 Å². The van der Waals surface area contributed by atoms with Crippen molar-refractivity contribution < 1.29 is 14.3 Å². The fourth-order valence-corrected chi connectivity index (χ4v) is 3.57. The van der Waals surface area contributed by atoms with Crippen LogP contribution in [0.5, 0.6) is 0 Å². The number of benzene rings is 1. The second-order valence-electron chi connectivity index (χ2n) is 5.02. The van der Waals surface area contributed by atoms with Gasteiger partial charge in [0.15, 0.2) is 5.69 Å². The highest BCUT2D eigenvalue weighted by molar-refractivity contribution is 7.12. The molecule has 9 heteroatoms. The first kappa shape index (κ1) is 17.6. The largest absolute Gasteiger partial charge is 0.465 e. The zero-order chi connectivity index (χ0) is 18.1. The van der Waals surface area contributed by atoms with Crippen LogP contribution in [-0.2, 0) is 4.74 Å². The minimum absolute atomic E-state index is 0.145. The summed E-state index contributed by atoms with van der Waals surface area (Å²) < 4.78 is 6.19. The quantitative estimate of drug-likeness (QED) is 0.493. The molecule has 2 aromatic heterocycles. The molecule has 0 spiro atoms. The minimum atomic E-state index is -0.478.